The average molecular weight is 281 g/mol. The SMILES string of the molecule is CC(=O)CN1CCN(c2ccc(Cl)c(C)c2)[C@H](C)C1. The summed E-state index contributed by atoms with van der Waals surface area (Å²) in [6.07, 6.45) is 0. The summed E-state index contributed by atoms with van der Waals surface area (Å²) in [5, 5.41) is 0.812. The summed E-state index contributed by atoms with van der Waals surface area (Å²) >= 11 is 6.07. The molecule has 1 aliphatic heterocycles. The van der Waals surface area contributed by atoms with E-state index in [0.717, 1.165) is 30.2 Å². The van der Waals surface area contributed by atoms with Crippen molar-refractivity contribution in [2.24, 2.45) is 0 Å². The summed E-state index contributed by atoms with van der Waals surface area (Å²) < 4.78 is 0. The Kier molecular flexibility index (Phi) is 4.48. The highest BCUT2D eigenvalue weighted by Gasteiger charge is 2.24. The van der Waals surface area contributed by atoms with Gasteiger partial charge in [0.1, 0.15) is 5.78 Å². The van der Waals surface area contributed by atoms with E-state index in [2.05, 4.69) is 28.9 Å². The number of piperazine rings is 1. The number of ketones is 1. The lowest BCUT2D eigenvalue weighted by atomic mass is 10.1. The number of benzene rings is 1. The maximum atomic E-state index is 11.2. The summed E-state index contributed by atoms with van der Waals surface area (Å²) in [5.41, 5.74) is 2.33. The first-order valence-corrected chi connectivity index (χ1v) is 7.09. The average Bonchev–Trinajstić information content (AvgIpc) is 2.32. The molecule has 1 aromatic rings. The van der Waals surface area contributed by atoms with Gasteiger partial charge >= 0.3 is 0 Å². The van der Waals surface area contributed by atoms with E-state index >= 15 is 0 Å². The maximum absolute atomic E-state index is 11.2. The number of Topliss-reactive ketones (excluding diaryl/α,β-unsaturated/α-hetero) is 1. The zero-order valence-electron chi connectivity index (χ0n) is 11.8. The lowest BCUT2D eigenvalue weighted by molar-refractivity contribution is -0.118. The molecule has 1 aliphatic rings. The quantitative estimate of drug-likeness (QED) is 0.851. The van der Waals surface area contributed by atoms with Crippen molar-refractivity contribution in [3.63, 3.8) is 0 Å². The fourth-order valence-electron chi connectivity index (χ4n) is 2.68. The number of aryl methyl sites for hydroxylation is 1. The fourth-order valence-corrected chi connectivity index (χ4v) is 2.80. The molecule has 1 aromatic carbocycles. The van der Waals surface area contributed by atoms with Gasteiger partial charge in [-0.25, -0.2) is 0 Å². The van der Waals surface area contributed by atoms with E-state index in [1.807, 2.05) is 13.0 Å². The molecule has 0 amide bonds. The van der Waals surface area contributed by atoms with Crippen LogP contribution in [0.1, 0.15) is 19.4 Å². The van der Waals surface area contributed by atoms with Crippen LogP contribution in [0.2, 0.25) is 5.02 Å². The van der Waals surface area contributed by atoms with E-state index in [-0.39, 0.29) is 5.78 Å². The molecule has 19 heavy (non-hydrogen) atoms. The highest BCUT2D eigenvalue weighted by Crippen LogP contribution is 2.25. The smallest absolute Gasteiger partial charge is 0.143 e. The Morgan fingerprint density at radius 2 is 2.16 bits per heavy atom. The molecule has 0 unspecified atom stereocenters. The number of hydrogen-bond acceptors (Lipinski definition) is 3. The van der Waals surface area contributed by atoms with Gasteiger partial charge in [-0.1, -0.05) is 11.6 Å². The third kappa shape index (κ3) is 3.48. The maximum Gasteiger partial charge on any atom is 0.143 e. The molecule has 1 fully saturated rings. The molecule has 0 aromatic heterocycles. The van der Waals surface area contributed by atoms with Crippen LogP contribution in [0.25, 0.3) is 0 Å². The van der Waals surface area contributed by atoms with E-state index in [1.54, 1.807) is 6.92 Å². The lowest BCUT2D eigenvalue weighted by Gasteiger charge is -2.41. The Morgan fingerprint density at radius 1 is 1.42 bits per heavy atom. The number of carbonyl (C=O) groups is 1. The number of nitrogens with zero attached hydrogens (tertiary/aromatic N) is 2. The van der Waals surface area contributed by atoms with Crippen LogP contribution in [0.3, 0.4) is 0 Å². The van der Waals surface area contributed by atoms with Crippen molar-refractivity contribution in [1.29, 1.82) is 0 Å². The van der Waals surface area contributed by atoms with Gasteiger partial charge < -0.3 is 4.90 Å². The first-order valence-electron chi connectivity index (χ1n) is 6.72. The van der Waals surface area contributed by atoms with Crippen LogP contribution in [0.15, 0.2) is 18.2 Å². The minimum Gasteiger partial charge on any atom is -0.366 e. The third-order valence-electron chi connectivity index (χ3n) is 3.63. The number of rotatable bonds is 3. The van der Waals surface area contributed by atoms with Gasteiger partial charge in [0.15, 0.2) is 0 Å². The van der Waals surface area contributed by atoms with Crippen LogP contribution in [-0.4, -0.2) is 42.9 Å². The molecular weight excluding hydrogens is 260 g/mol. The summed E-state index contributed by atoms with van der Waals surface area (Å²) in [6, 6.07) is 6.58. The zero-order chi connectivity index (χ0) is 14.0. The zero-order valence-corrected chi connectivity index (χ0v) is 12.6. The number of hydrogen-bond donors (Lipinski definition) is 0. The molecule has 0 spiro atoms. The van der Waals surface area contributed by atoms with Gasteiger partial charge in [-0.15, -0.1) is 0 Å². The minimum absolute atomic E-state index is 0.239. The molecular formula is C15H21ClN2O. The lowest BCUT2D eigenvalue weighted by Crippen LogP contribution is -2.53. The molecule has 1 atom stereocenters. The number of anilines is 1. The van der Waals surface area contributed by atoms with Crippen molar-refractivity contribution >= 4 is 23.1 Å². The molecule has 3 nitrogen and oxygen atoms in total. The topological polar surface area (TPSA) is 23.6 Å². The van der Waals surface area contributed by atoms with Gasteiger partial charge in [0, 0.05) is 36.4 Å². The molecule has 1 saturated heterocycles. The van der Waals surface area contributed by atoms with E-state index in [4.69, 9.17) is 11.6 Å². The second-order valence-corrected chi connectivity index (χ2v) is 5.82. The van der Waals surface area contributed by atoms with Gasteiger partial charge in [-0.05, 0) is 44.5 Å². The molecule has 104 valence electrons. The molecule has 4 heteroatoms. The first-order chi connectivity index (χ1) is 8.97. The molecule has 0 bridgehead atoms. The molecule has 0 radical (unpaired) electrons. The van der Waals surface area contributed by atoms with Crippen LogP contribution < -0.4 is 4.90 Å². The van der Waals surface area contributed by atoms with Crippen LogP contribution in [0.4, 0.5) is 5.69 Å². The third-order valence-corrected chi connectivity index (χ3v) is 4.06. The monoisotopic (exact) mass is 280 g/mol. The molecule has 1 heterocycles. The summed E-state index contributed by atoms with van der Waals surface area (Å²) in [7, 11) is 0. The molecule has 2 rings (SSSR count). The van der Waals surface area contributed by atoms with Crippen LogP contribution in [0, 0.1) is 6.92 Å². The number of carbonyl (C=O) groups excluding carboxylic acids is 1. The van der Waals surface area contributed by atoms with Crippen molar-refractivity contribution in [2.45, 2.75) is 26.8 Å². The molecule has 0 aliphatic carbocycles. The Bertz CT molecular complexity index is 475. The standard InChI is InChI=1S/C15H21ClN2O/c1-11-8-14(4-5-15(11)16)18-7-6-17(9-12(18)2)10-13(3)19/h4-5,8,12H,6-7,9-10H2,1-3H3/t12-/m1/s1. The van der Waals surface area contributed by atoms with Gasteiger partial charge in [0.25, 0.3) is 0 Å². The Hall–Kier alpha value is -1.06. The van der Waals surface area contributed by atoms with Crippen molar-refractivity contribution < 1.29 is 4.79 Å². The largest absolute Gasteiger partial charge is 0.366 e. The minimum atomic E-state index is 0.239. The van der Waals surface area contributed by atoms with Crippen molar-refractivity contribution in [3.8, 4) is 0 Å². The summed E-state index contributed by atoms with van der Waals surface area (Å²) in [6.45, 7) is 9.28. The predicted octanol–water partition coefficient (Wildman–Crippen LogP) is 2.75. The Balaban J connectivity index is 2.06. The van der Waals surface area contributed by atoms with Crippen molar-refractivity contribution in [3.05, 3.63) is 28.8 Å². The highest BCUT2D eigenvalue weighted by atomic mass is 35.5. The van der Waals surface area contributed by atoms with Crippen molar-refractivity contribution in [1.82, 2.24) is 4.90 Å². The highest BCUT2D eigenvalue weighted by molar-refractivity contribution is 6.31. The Morgan fingerprint density at radius 3 is 2.74 bits per heavy atom. The van der Waals surface area contributed by atoms with E-state index < -0.39 is 0 Å². The normalized spacial score (nSPS) is 20.6. The van der Waals surface area contributed by atoms with Gasteiger partial charge in [-0.3, -0.25) is 9.69 Å². The van der Waals surface area contributed by atoms with Crippen LogP contribution >= 0.6 is 11.6 Å². The van der Waals surface area contributed by atoms with Crippen LogP contribution in [-0.2, 0) is 4.79 Å². The first kappa shape index (κ1) is 14.4. The predicted molar refractivity (Wildman–Crippen MR) is 80.1 cm³/mol. The number of halogens is 1. The van der Waals surface area contributed by atoms with E-state index in [9.17, 15) is 4.79 Å². The van der Waals surface area contributed by atoms with Gasteiger partial charge in [0.2, 0.25) is 0 Å². The fraction of sp³-hybridized carbons (Fsp3) is 0.533. The Labute approximate surface area is 120 Å². The summed E-state index contributed by atoms with van der Waals surface area (Å²) in [4.78, 5) is 15.8. The second kappa shape index (κ2) is 5.93. The second-order valence-electron chi connectivity index (χ2n) is 5.41. The van der Waals surface area contributed by atoms with E-state index in [0.29, 0.717) is 12.6 Å². The van der Waals surface area contributed by atoms with Crippen molar-refractivity contribution in [2.75, 3.05) is 31.1 Å². The molecule has 0 N–H and O–H groups in total. The van der Waals surface area contributed by atoms with E-state index in [1.165, 1.54) is 5.69 Å². The van der Waals surface area contributed by atoms with Gasteiger partial charge in [0.05, 0.1) is 6.54 Å². The van der Waals surface area contributed by atoms with Gasteiger partial charge in [-0.2, -0.15) is 0 Å². The molecule has 0 saturated carbocycles. The van der Waals surface area contributed by atoms with Crippen LogP contribution in [0.5, 0.6) is 0 Å². The summed E-state index contributed by atoms with van der Waals surface area (Å²) in [5.74, 6) is 0.239.